The lowest BCUT2D eigenvalue weighted by molar-refractivity contribution is -0.117. The van der Waals surface area contributed by atoms with E-state index < -0.39 is 17.6 Å². The molecule has 0 fully saturated rings. The van der Waals surface area contributed by atoms with Crippen molar-refractivity contribution in [2.24, 2.45) is 5.92 Å². The highest BCUT2D eigenvalue weighted by Gasteiger charge is 2.28. The van der Waals surface area contributed by atoms with Crippen LogP contribution in [0.15, 0.2) is 48.5 Å². The summed E-state index contributed by atoms with van der Waals surface area (Å²) in [5, 5.41) is 12.0. The molecule has 1 N–H and O–H groups in total. The van der Waals surface area contributed by atoms with Gasteiger partial charge in [0.1, 0.15) is 5.75 Å². The van der Waals surface area contributed by atoms with E-state index in [4.69, 9.17) is 4.74 Å². The molecule has 1 atom stereocenters. The van der Waals surface area contributed by atoms with E-state index >= 15 is 0 Å². The SMILES string of the molecule is CCCOc1cccc(C(=O)C(C#N)C(=O)Nc2ccc(CC)cc2)c1. The minimum Gasteiger partial charge on any atom is -0.494 e. The third kappa shape index (κ3) is 4.93. The molecule has 0 bridgehead atoms. The Morgan fingerprint density at radius 1 is 1.15 bits per heavy atom. The molecule has 2 rings (SSSR count). The van der Waals surface area contributed by atoms with Crippen molar-refractivity contribution in [2.75, 3.05) is 11.9 Å². The molecule has 1 amide bonds. The number of hydrogen-bond acceptors (Lipinski definition) is 4. The van der Waals surface area contributed by atoms with E-state index in [9.17, 15) is 14.9 Å². The topological polar surface area (TPSA) is 79.2 Å². The number of Topliss-reactive ketones (excluding diaryl/α,β-unsaturated/α-hetero) is 1. The van der Waals surface area contributed by atoms with E-state index in [-0.39, 0.29) is 5.56 Å². The van der Waals surface area contributed by atoms with Gasteiger partial charge in [0.2, 0.25) is 5.91 Å². The van der Waals surface area contributed by atoms with Crippen LogP contribution in [0.4, 0.5) is 5.69 Å². The first-order chi connectivity index (χ1) is 12.6. The molecule has 2 aromatic carbocycles. The Labute approximate surface area is 153 Å². The first kappa shape index (κ1) is 19.2. The van der Waals surface area contributed by atoms with Crippen molar-refractivity contribution >= 4 is 17.4 Å². The fourth-order valence-electron chi connectivity index (χ4n) is 2.40. The second-order valence-electron chi connectivity index (χ2n) is 5.84. The summed E-state index contributed by atoms with van der Waals surface area (Å²) in [6.45, 7) is 4.56. The summed E-state index contributed by atoms with van der Waals surface area (Å²) in [5.74, 6) is -2.05. The number of ketones is 1. The first-order valence-corrected chi connectivity index (χ1v) is 8.65. The number of carbonyl (C=O) groups excluding carboxylic acids is 2. The molecule has 0 aliphatic rings. The number of amides is 1. The molecule has 0 radical (unpaired) electrons. The molecule has 0 aliphatic carbocycles. The normalized spacial score (nSPS) is 11.3. The van der Waals surface area contributed by atoms with Gasteiger partial charge in [-0.3, -0.25) is 9.59 Å². The van der Waals surface area contributed by atoms with Gasteiger partial charge in [0.25, 0.3) is 0 Å². The molecule has 5 heteroatoms. The second kappa shape index (κ2) is 9.38. The van der Waals surface area contributed by atoms with Crippen LogP contribution in [0, 0.1) is 17.2 Å². The van der Waals surface area contributed by atoms with Crippen LogP contribution in [0.5, 0.6) is 5.75 Å². The Morgan fingerprint density at radius 2 is 1.88 bits per heavy atom. The minimum atomic E-state index is -1.41. The van der Waals surface area contributed by atoms with Gasteiger partial charge in [-0.05, 0) is 42.7 Å². The van der Waals surface area contributed by atoms with Crippen LogP contribution in [0.2, 0.25) is 0 Å². The first-order valence-electron chi connectivity index (χ1n) is 8.65. The largest absolute Gasteiger partial charge is 0.494 e. The van der Waals surface area contributed by atoms with Crippen LogP contribution in [-0.4, -0.2) is 18.3 Å². The number of aryl methyl sites for hydroxylation is 1. The maximum Gasteiger partial charge on any atom is 0.249 e. The second-order valence-corrected chi connectivity index (χ2v) is 5.84. The summed E-state index contributed by atoms with van der Waals surface area (Å²) >= 11 is 0. The molecule has 5 nitrogen and oxygen atoms in total. The van der Waals surface area contributed by atoms with E-state index in [2.05, 4.69) is 5.32 Å². The number of rotatable bonds is 8. The lowest BCUT2D eigenvalue weighted by Crippen LogP contribution is -2.28. The van der Waals surface area contributed by atoms with Crippen molar-refractivity contribution in [3.05, 3.63) is 59.7 Å². The van der Waals surface area contributed by atoms with Gasteiger partial charge >= 0.3 is 0 Å². The Bertz CT molecular complexity index is 807. The van der Waals surface area contributed by atoms with Gasteiger partial charge in [-0.25, -0.2) is 0 Å². The summed E-state index contributed by atoms with van der Waals surface area (Å²) in [6.07, 6.45) is 1.74. The van der Waals surface area contributed by atoms with Crippen molar-refractivity contribution < 1.29 is 14.3 Å². The van der Waals surface area contributed by atoms with Gasteiger partial charge in [-0.15, -0.1) is 0 Å². The van der Waals surface area contributed by atoms with Gasteiger partial charge < -0.3 is 10.1 Å². The number of ether oxygens (including phenoxy) is 1. The van der Waals surface area contributed by atoms with E-state index in [1.54, 1.807) is 42.5 Å². The van der Waals surface area contributed by atoms with Crippen molar-refractivity contribution in [3.63, 3.8) is 0 Å². The maximum absolute atomic E-state index is 12.6. The van der Waals surface area contributed by atoms with Crippen LogP contribution < -0.4 is 10.1 Å². The van der Waals surface area contributed by atoms with Crippen molar-refractivity contribution in [1.82, 2.24) is 0 Å². The zero-order valence-electron chi connectivity index (χ0n) is 15.0. The van der Waals surface area contributed by atoms with Crippen LogP contribution in [0.3, 0.4) is 0 Å². The molecule has 26 heavy (non-hydrogen) atoms. The van der Waals surface area contributed by atoms with Crippen LogP contribution in [0.1, 0.15) is 36.2 Å². The lowest BCUT2D eigenvalue weighted by atomic mass is 9.97. The number of benzene rings is 2. The summed E-state index contributed by atoms with van der Waals surface area (Å²) < 4.78 is 5.50. The highest BCUT2D eigenvalue weighted by Crippen LogP contribution is 2.18. The predicted octanol–water partition coefficient (Wildman–Crippen LogP) is 4.00. The third-order valence-electron chi connectivity index (χ3n) is 3.87. The summed E-state index contributed by atoms with van der Waals surface area (Å²) in [6, 6.07) is 15.7. The van der Waals surface area contributed by atoms with Gasteiger partial charge in [0.05, 0.1) is 12.7 Å². The number of anilines is 1. The molecule has 0 aromatic heterocycles. The average Bonchev–Trinajstić information content (AvgIpc) is 2.67. The Morgan fingerprint density at radius 3 is 2.50 bits per heavy atom. The predicted molar refractivity (Wildman–Crippen MR) is 100 cm³/mol. The van der Waals surface area contributed by atoms with E-state index in [1.807, 2.05) is 26.0 Å². The molecule has 2 aromatic rings. The third-order valence-corrected chi connectivity index (χ3v) is 3.87. The molecule has 0 saturated carbocycles. The van der Waals surface area contributed by atoms with Crippen LogP contribution in [0.25, 0.3) is 0 Å². The van der Waals surface area contributed by atoms with Crippen molar-refractivity contribution in [2.45, 2.75) is 26.7 Å². The summed E-state index contributed by atoms with van der Waals surface area (Å²) in [5.41, 5.74) is 1.97. The zero-order chi connectivity index (χ0) is 18.9. The Balaban J connectivity index is 2.12. The summed E-state index contributed by atoms with van der Waals surface area (Å²) in [4.78, 5) is 25.0. The van der Waals surface area contributed by atoms with Crippen molar-refractivity contribution in [3.8, 4) is 11.8 Å². The molecule has 0 spiro atoms. The molecule has 134 valence electrons. The molecule has 1 unspecified atom stereocenters. The molecule has 0 aliphatic heterocycles. The Kier molecular flexibility index (Phi) is 6.92. The van der Waals surface area contributed by atoms with Crippen LogP contribution >= 0.6 is 0 Å². The highest BCUT2D eigenvalue weighted by molar-refractivity contribution is 6.15. The quantitative estimate of drug-likeness (QED) is 0.576. The molecule has 0 heterocycles. The number of nitrogens with zero attached hydrogens (tertiary/aromatic N) is 1. The minimum absolute atomic E-state index is 0.279. The van der Waals surface area contributed by atoms with Gasteiger partial charge in [-0.1, -0.05) is 38.1 Å². The standard InChI is InChI=1S/C21H22N2O3/c1-3-12-26-18-7-5-6-16(13-18)20(24)19(14-22)21(25)23-17-10-8-15(4-2)9-11-17/h5-11,13,19H,3-4,12H2,1-2H3,(H,23,25). The lowest BCUT2D eigenvalue weighted by Gasteiger charge is -2.11. The highest BCUT2D eigenvalue weighted by atomic mass is 16.5. The summed E-state index contributed by atoms with van der Waals surface area (Å²) in [7, 11) is 0. The number of nitrogens with one attached hydrogen (secondary N) is 1. The van der Waals surface area contributed by atoms with Gasteiger partial charge in [-0.2, -0.15) is 5.26 Å². The number of nitriles is 1. The fourth-order valence-corrected chi connectivity index (χ4v) is 2.40. The fraction of sp³-hybridized carbons (Fsp3) is 0.286. The van der Waals surface area contributed by atoms with Gasteiger partial charge in [0, 0.05) is 11.3 Å². The van der Waals surface area contributed by atoms with E-state index in [1.165, 1.54) is 0 Å². The molecular weight excluding hydrogens is 328 g/mol. The average molecular weight is 350 g/mol. The van der Waals surface area contributed by atoms with E-state index in [0.717, 1.165) is 18.4 Å². The molecular formula is C21H22N2O3. The number of carbonyl (C=O) groups is 2. The maximum atomic E-state index is 12.6. The Hall–Kier alpha value is -3.13. The molecule has 0 saturated heterocycles. The van der Waals surface area contributed by atoms with Crippen molar-refractivity contribution in [1.29, 1.82) is 5.26 Å². The van der Waals surface area contributed by atoms with Crippen LogP contribution in [-0.2, 0) is 11.2 Å². The smallest absolute Gasteiger partial charge is 0.249 e. The zero-order valence-corrected chi connectivity index (χ0v) is 15.0. The van der Waals surface area contributed by atoms with E-state index in [0.29, 0.717) is 18.0 Å². The monoisotopic (exact) mass is 350 g/mol. The van der Waals surface area contributed by atoms with Gasteiger partial charge in [0.15, 0.2) is 11.7 Å². The number of hydrogen-bond donors (Lipinski definition) is 1.